The van der Waals surface area contributed by atoms with Crippen LogP contribution in [0.1, 0.15) is 5.69 Å². The summed E-state index contributed by atoms with van der Waals surface area (Å²) in [5.41, 5.74) is 8.33. The molecule has 0 saturated carbocycles. The van der Waals surface area contributed by atoms with Gasteiger partial charge in [-0.3, -0.25) is 0 Å². The van der Waals surface area contributed by atoms with Crippen LogP contribution >= 0.6 is 0 Å². The fraction of sp³-hybridized carbons (Fsp3) is 0.0667. The van der Waals surface area contributed by atoms with E-state index in [0.29, 0.717) is 18.0 Å². The Hall–Kier alpha value is -2.49. The molecular weight excluding hydrogens is 243 g/mol. The molecule has 0 fully saturated rings. The Morgan fingerprint density at radius 3 is 2.84 bits per heavy atom. The first-order valence-electron chi connectivity index (χ1n) is 5.96. The van der Waals surface area contributed by atoms with Crippen LogP contribution in [0.2, 0.25) is 0 Å². The van der Waals surface area contributed by atoms with Crippen molar-refractivity contribution >= 4 is 16.6 Å². The molecule has 0 unspecified atom stereocenters. The molecule has 96 valence electrons. The number of nitrogen functional groups attached to an aromatic ring is 1. The minimum absolute atomic E-state index is 0.304. The number of rotatable bonds is 3. The second-order valence-electron chi connectivity index (χ2n) is 4.39. The van der Waals surface area contributed by atoms with Crippen LogP contribution in [-0.4, -0.2) is 4.98 Å². The number of fused-ring (bicyclic) bond motifs is 1. The highest BCUT2D eigenvalue weighted by Gasteiger charge is 2.02. The number of H-pyrrole nitrogens is 1. The van der Waals surface area contributed by atoms with Gasteiger partial charge in [-0.25, -0.2) is 4.39 Å². The summed E-state index contributed by atoms with van der Waals surface area (Å²) in [5, 5.41) is 1.08. The molecule has 0 aliphatic heterocycles. The number of ether oxygens (including phenoxy) is 1. The zero-order chi connectivity index (χ0) is 13.2. The Morgan fingerprint density at radius 2 is 2.00 bits per heavy atom. The highest BCUT2D eigenvalue weighted by Crippen LogP contribution is 2.20. The van der Waals surface area contributed by atoms with Gasteiger partial charge in [0.1, 0.15) is 18.2 Å². The summed E-state index contributed by atoms with van der Waals surface area (Å²) in [6.07, 6.45) is 0. The molecule has 4 heteroatoms. The van der Waals surface area contributed by atoms with Crippen molar-refractivity contribution in [3.05, 3.63) is 60.0 Å². The van der Waals surface area contributed by atoms with Crippen molar-refractivity contribution in [3.8, 4) is 5.75 Å². The zero-order valence-corrected chi connectivity index (χ0v) is 10.2. The second kappa shape index (κ2) is 4.65. The molecule has 3 aromatic rings. The van der Waals surface area contributed by atoms with Gasteiger partial charge in [-0.2, -0.15) is 0 Å². The summed E-state index contributed by atoms with van der Waals surface area (Å²) in [6.45, 7) is 0.359. The average Bonchev–Trinajstić information content (AvgIpc) is 2.78. The van der Waals surface area contributed by atoms with Gasteiger partial charge in [-0.1, -0.05) is 12.1 Å². The molecule has 2 aromatic carbocycles. The van der Waals surface area contributed by atoms with Gasteiger partial charge in [0.2, 0.25) is 0 Å². The summed E-state index contributed by atoms with van der Waals surface area (Å²) in [4.78, 5) is 3.22. The number of aromatic nitrogens is 1. The lowest BCUT2D eigenvalue weighted by Crippen LogP contribution is -1.95. The van der Waals surface area contributed by atoms with Gasteiger partial charge in [0.25, 0.3) is 0 Å². The lowest BCUT2D eigenvalue weighted by molar-refractivity contribution is 0.301. The van der Waals surface area contributed by atoms with E-state index in [1.54, 1.807) is 12.1 Å². The van der Waals surface area contributed by atoms with Crippen LogP contribution in [-0.2, 0) is 6.61 Å². The summed E-state index contributed by atoms with van der Waals surface area (Å²) < 4.78 is 18.5. The van der Waals surface area contributed by atoms with Crippen LogP contribution in [0.15, 0.2) is 48.5 Å². The van der Waals surface area contributed by atoms with Crippen molar-refractivity contribution in [2.24, 2.45) is 0 Å². The van der Waals surface area contributed by atoms with Crippen LogP contribution in [0, 0.1) is 5.82 Å². The topological polar surface area (TPSA) is 51.0 Å². The molecule has 3 N–H and O–H groups in total. The molecule has 0 amide bonds. The van der Waals surface area contributed by atoms with Crippen molar-refractivity contribution in [2.75, 3.05) is 5.73 Å². The van der Waals surface area contributed by atoms with Gasteiger partial charge >= 0.3 is 0 Å². The van der Waals surface area contributed by atoms with Crippen molar-refractivity contribution in [1.29, 1.82) is 0 Å². The molecule has 1 aromatic heterocycles. The van der Waals surface area contributed by atoms with Crippen molar-refractivity contribution < 1.29 is 9.13 Å². The van der Waals surface area contributed by atoms with E-state index in [2.05, 4.69) is 4.98 Å². The quantitative estimate of drug-likeness (QED) is 0.705. The predicted molar refractivity (Wildman–Crippen MR) is 73.4 cm³/mol. The van der Waals surface area contributed by atoms with Gasteiger partial charge in [-0.05, 0) is 35.7 Å². The number of nitrogens with one attached hydrogen (secondary N) is 1. The van der Waals surface area contributed by atoms with Crippen LogP contribution in [0.4, 0.5) is 10.1 Å². The van der Waals surface area contributed by atoms with E-state index in [4.69, 9.17) is 10.5 Å². The van der Waals surface area contributed by atoms with Crippen LogP contribution in [0.25, 0.3) is 10.9 Å². The SMILES string of the molecule is Nc1ccc2cc(COc3cccc(F)c3)[nH]c2c1. The van der Waals surface area contributed by atoms with E-state index in [1.807, 2.05) is 24.3 Å². The van der Waals surface area contributed by atoms with Crippen molar-refractivity contribution in [1.82, 2.24) is 4.98 Å². The fourth-order valence-corrected chi connectivity index (χ4v) is 2.00. The fourth-order valence-electron chi connectivity index (χ4n) is 2.00. The highest BCUT2D eigenvalue weighted by atomic mass is 19.1. The third kappa shape index (κ3) is 2.52. The summed E-state index contributed by atoms with van der Waals surface area (Å²) in [5.74, 6) is 0.208. The lowest BCUT2D eigenvalue weighted by Gasteiger charge is -2.04. The monoisotopic (exact) mass is 256 g/mol. The number of hydrogen-bond acceptors (Lipinski definition) is 2. The molecule has 0 spiro atoms. The molecule has 19 heavy (non-hydrogen) atoms. The van der Waals surface area contributed by atoms with Crippen LogP contribution in [0.3, 0.4) is 0 Å². The van der Waals surface area contributed by atoms with E-state index in [0.717, 1.165) is 16.6 Å². The highest BCUT2D eigenvalue weighted by molar-refractivity contribution is 5.83. The standard InChI is InChI=1S/C15H13FN2O/c16-11-2-1-3-14(7-11)19-9-13-6-10-4-5-12(17)8-15(10)18-13/h1-8,18H,9,17H2. The van der Waals surface area contributed by atoms with Crippen molar-refractivity contribution in [2.45, 2.75) is 6.61 Å². The van der Waals surface area contributed by atoms with E-state index in [1.165, 1.54) is 12.1 Å². The van der Waals surface area contributed by atoms with Crippen molar-refractivity contribution in [3.63, 3.8) is 0 Å². The summed E-state index contributed by atoms with van der Waals surface area (Å²) >= 11 is 0. The number of hydrogen-bond donors (Lipinski definition) is 2. The molecular formula is C15H13FN2O. The molecule has 3 nitrogen and oxygen atoms in total. The second-order valence-corrected chi connectivity index (χ2v) is 4.39. The first-order chi connectivity index (χ1) is 9.20. The lowest BCUT2D eigenvalue weighted by atomic mass is 10.2. The minimum Gasteiger partial charge on any atom is -0.487 e. The summed E-state index contributed by atoms with van der Waals surface area (Å²) in [7, 11) is 0. The minimum atomic E-state index is -0.304. The Bertz CT molecular complexity index is 721. The maximum absolute atomic E-state index is 13.0. The Morgan fingerprint density at radius 1 is 1.11 bits per heavy atom. The predicted octanol–water partition coefficient (Wildman–Crippen LogP) is 3.47. The van der Waals surface area contributed by atoms with Crippen LogP contribution in [0.5, 0.6) is 5.75 Å². The Labute approximate surface area is 109 Å². The zero-order valence-electron chi connectivity index (χ0n) is 10.2. The first-order valence-corrected chi connectivity index (χ1v) is 5.96. The molecule has 0 aliphatic carbocycles. The molecule has 0 aliphatic rings. The average molecular weight is 256 g/mol. The molecule has 1 heterocycles. The van der Waals surface area contributed by atoms with Crippen LogP contribution < -0.4 is 10.5 Å². The molecule has 0 bridgehead atoms. The van der Waals surface area contributed by atoms with E-state index in [-0.39, 0.29) is 5.82 Å². The molecule has 0 atom stereocenters. The van der Waals surface area contributed by atoms with E-state index >= 15 is 0 Å². The maximum Gasteiger partial charge on any atom is 0.128 e. The first kappa shape index (κ1) is 11.6. The Kier molecular flexibility index (Phi) is 2.83. The van der Waals surface area contributed by atoms with Gasteiger partial charge in [0.05, 0.1) is 5.69 Å². The largest absolute Gasteiger partial charge is 0.487 e. The smallest absolute Gasteiger partial charge is 0.128 e. The van der Waals surface area contributed by atoms with Gasteiger partial charge < -0.3 is 15.5 Å². The maximum atomic E-state index is 13.0. The number of benzene rings is 2. The molecule has 0 saturated heterocycles. The number of anilines is 1. The van der Waals surface area contributed by atoms with E-state index in [9.17, 15) is 4.39 Å². The number of halogens is 1. The summed E-state index contributed by atoms with van der Waals surface area (Å²) in [6, 6.07) is 13.8. The molecule has 0 radical (unpaired) electrons. The third-order valence-corrected chi connectivity index (χ3v) is 2.89. The number of aromatic amines is 1. The van der Waals surface area contributed by atoms with Gasteiger partial charge in [0.15, 0.2) is 0 Å². The third-order valence-electron chi connectivity index (χ3n) is 2.89. The van der Waals surface area contributed by atoms with E-state index < -0.39 is 0 Å². The molecule has 3 rings (SSSR count). The van der Waals surface area contributed by atoms with Gasteiger partial charge in [-0.15, -0.1) is 0 Å². The van der Waals surface area contributed by atoms with Gasteiger partial charge in [0, 0.05) is 17.3 Å². The normalized spacial score (nSPS) is 10.8. The Balaban J connectivity index is 1.78. The number of nitrogens with two attached hydrogens (primary N) is 1.